The molecule has 0 aliphatic carbocycles. The minimum Gasteiger partial charge on any atom is -0.332 e. The van der Waals surface area contributed by atoms with Gasteiger partial charge in [-0.05, 0) is 20.0 Å². The van der Waals surface area contributed by atoms with Gasteiger partial charge in [0.2, 0.25) is 0 Å². The van der Waals surface area contributed by atoms with Crippen LogP contribution in [0.3, 0.4) is 0 Å². The Labute approximate surface area is 117 Å². The molecule has 1 aliphatic heterocycles. The first-order valence-electron chi connectivity index (χ1n) is 5.92. The average Bonchev–Trinajstić information content (AvgIpc) is 2.56. The van der Waals surface area contributed by atoms with Crippen LogP contribution in [0.25, 0.3) is 0 Å². The van der Waals surface area contributed by atoms with Gasteiger partial charge >= 0.3 is 0 Å². The Bertz CT molecular complexity index is 472. The summed E-state index contributed by atoms with van der Waals surface area (Å²) in [7, 11) is 3.82. The second-order valence-corrected chi connectivity index (χ2v) is 5.60. The summed E-state index contributed by atoms with van der Waals surface area (Å²) in [5.41, 5.74) is 0.543. The molecule has 2 rings (SSSR count). The lowest BCUT2D eigenvalue weighted by molar-refractivity contribution is 0.0524. The van der Waals surface area contributed by atoms with Crippen molar-refractivity contribution in [2.24, 2.45) is 7.05 Å². The second kappa shape index (κ2) is 5.11. The molecule has 1 aliphatic rings. The maximum Gasteiger partial charge on any atom is 0.270 e. The van der Waals surface area contributed by atoms with E-state index in [9.17, 15) is 4.79 Å². The van der Waals surface area contributed by atoms with Crippen LogP contribution in [0.4, 0.5) is 0 Å². The number of hydrogen-bond donors (Lipinski definition) is 0. The van der Waals surface area contributed by atoms with Crippen molar-refractivity contribution in [3.8, 4) is 0 Å². The van der Waals surface area contributed by atoms with Gasteiger partial charge in [-0.15, -0.1) is 0 Å². The molecular weight excluding hydrogens is 273 g/mol. The van der Waals surface area contributed by atoms with Gasteiger partial charge in [0, 0.05) is 32.7 Å². The Morgan fingerprint density at radius 1 is 1.33 bits per heavy atom. The normalized spacial score (nSPS) is 21.4. The van der Waals surface area contributed by atoms with Gasteiger partial charge in [-0.1, -0.05) is 23.2 Å². The number of rotatable bonds is 1. The third-order valence-corrected chi connectivity index (χ3v) is 4.27. The highest BCUT2D eigenvalue weighted by molar-refractivity contribution is 6.41. The molecule has 0 N–H and O–H groups in total. The van der Waals surface area contributed by atoms with Crippen molar-refractivity contribution in [3.63, 3.8) is 0 Å². The summed E-state index contributed by atoms with van der Waals surface area (Å²) in [6.45, 7) is 4.57. The SMILES string of the molecule is C[C@@H]1CN(C)CCN1C(=O)c1cc(Cl)c(Cl)n1C. The zero-order valence-electron chi connectivity index (χ0n) is 10.8. The second-order valence-electron chi connectivity index (χ2n) is 4.84. The van der Waals surface area contributed by atoms with E-state index in [1.807, 2.05) is 4.90 Å². The van der Waals surface area contributed by atoms with E-state index in [4.69, 9.17) is 23.2 Å². The van der Waals surface area contributed by atoms with Crippen molar-refractivity contribution in [1.82, 2.24) is 14.4 Å². The molecule has 1 aromatic rings. The predicted molar refractivity (Wildman–Crippen MR) is 73.4 cm³/mol. The highest BCUT2D eigenvalue weighted by atomic mass is 35.5. The molecule has 18 heavy (non-hydrogen) atoms. The topological polar surface area (TPSA) is 28.5 Å². The minimum absolute atomic E-state index is 0.00750. The van der Waals surface area contributed by atoms with E-state index in [1.165, 1.54) is 0 Å². The van der Waals surface area contributed by atoms with Gasteiger partial charge < -0.3 is 14.4 Å². The minimum atomic E-state index is -0.00750. The van der Waals surface area contributed by atoms with Gasteiger partial charge in [0.1, 0.15) is 10.8 Å². The lowest BCUT2D eigenvalue weighted by Crippen LogP contribution is -2.53. The lowest BCUT2D eigenvalue weighted by Gasteiger charge is -2.38. The van der Waals surface area contributed by atoms with Crippen LogP contribution < -0.4 is 0 Å². The zero-order chi connectivity index (χ0) is 13.4. The Morgan fingerprint density at radius 2 is 2.00 bits per heavy atom. The standard InChI is InChI=1S/C12H17Cl2N3O/c1-8-7-15(2)4-5-17(8)12(18)10-6-9(13)11(14)16(10)3/h6,8H,4-5,7H2,1-3H3/t8-/m1/s1. The molecule has 0 aromatic carbocycles. The fourth-order valence-electron chi connectivity index (χ4n) is 2.34. The molecule has 1 aromatic heterocycles. The predicted octanol–water partition coefficient (Wildman–Crippen LogP) is 2.11. The van der Waals surface area contributed by atoms with Crippen LogP contribution in [0.1, 0.15) is 17.4 Å². The summed E-state index contributed by atoms with van der Waals surface area (Å²) in [4.78, 5) is 16.6. The van der Waals surface area contributed by atoms with Crippen molar-refractivity contribution in [2.75, 3.05) is 26.7 Å². The van der Waals surface area contributed by atoms with Crippen LogP contribution in [-0.2, 0) is 7.05 Å². The molecule has 0 saturated carbocycles. The van der Waals surface area contributed by atoms with Gasteiger partial charge in [0.05, 0.1) is 5.02 Å². The molecule has 2 heterocycles. The number of carbonyl (C=O) groups is 1. The van der Waals surface area contributed by atoms with Crippen LogP contribution in [0.15, 0.2) is 6.07 Å². The smallest absolute Gasteiger partial charge is 0.270 e. The molecule has 1 amide bonds. The number of piperazine rings is 1. The number of halogens is 2. The van der Waals surface area contributed by atoms with Crippen molar-refractivity contribution < 1.29 is 4.79 Å². The number of amides is 1. The number of aromatic nitrogens is 1. The molecule has 4 nitrogen and oxygen atoms in total. The molecule has 100 valence electrons. The van der Waals surface area contributed by atoms with Crippen molar-refractivity contribution in [3.05, 3.63) is 21.9 Å². The van der Waals surface area contributed by atoms with E-state index in [-0.39, 0.29) is 11.9 Å². The molecular formula is C12H17Cl2N3O. The van der Waals surface area contributed by atoms with E-state index in [2.05, 4.69) is 18.9 Å². The van der Waals surface area contributed by atoms with E-state index >= 15 is 0 Å². The van der Waals surface area contributed by atoms with Crippen LogP contribution in [0, 0.1) is 0 Å². The Morgan fingerprint density at radius 3 is 2.50 bits per heavy atom. The van der Waals surface area contributed by atoms with Crippen LogP contribution in [0.5, 0.6) is 0 Å². The first-order valence-corrected chi connectivity index (χ1v) is 6.67. The molecule has 6 heteroatoms. The summed E-state index contributed by atoms with van der Waals surface area (Å²) in [6.07, 6.45) is 0. The number of nitrogens with zero attached hydrogens (tertiary/aromatic N) is 3. The van der Waals surface area contributed by atoms with Gasteiger partial charge in [-0.2, -0.15) is 0 Å². The third-order valence-electron chi connectivity index (χ3n) is 3.43. The van der Waals surface area contributed by atoms with Gasteiger partial charge in [-0.25, -0.2) is 0 Å². The van der Waals surface area contributed by atoms with Gasteiger partial charge in [0.15, 0.2) is 0 Å². The van der Waals surface area contributed by atoms with E-state index in [0.717, 1.165) is 19.6 Å². The van der Waals surface area contributed by atoms with Crippen molar-refractivity contribution in [1.29, 1.82) is 0 Å². The maximum absolute atomic E-state index is 12.5. The largest absolute Gasteiger partial charge is 0.332 e. The Hall–Kier alpha value is -0.710. The number of carbonyl (C=O) groups excluding carboxylic acids is 1. The van der Waals surface area contributed by atoms with E-state index in [0.29, 0.717) is 15.9 Å². The Balaban J connectivity index is 2.23. The first-order chi connectivity index (χ1) is 8.41. The molecule has 0 bridgehead atoms. The fourth-order valence-corrected chi connectivity index (χ4v) is 2.71. The zero-order valence-corrected chi connectivity index (χ0v) is 12.3. The summed E-state index contributed by atoms with van der Waals surface area (Å²) in [5, 5.41) is 0.825. The molecule has 1 atom stereocenters. The van der Waals surface area contributed by atoms with Crippen molar-refractivity contribution >= 4 is 29.1 Å². The molecule has 1 saturated heterocycles. The van der Waals surface area contributed by atoms with Crippen LogP contribution in [-0.4, -0.2) is 53.0 Å². The quantitative estimate of drug-likeness (QED) is 0.792. The third kappa shape index (κ3) is 2.37. The first kappa shape index (κ1) is 13.7. The molecule has 0 unspecified atom stereocenters. The van der Waals surface area contributed by atoms with Crippen LogP contribution >= 0.6 is 23.2 Å². The lowest BCUT2D eigenvalue weighted by atomic mass is 10.2. The van der Waals surface area contributed by atoms with Crippen molar-refractivity contribution in [2.45, 2.75) is 13.0 Å². The highest BCUT2D eigenvalue weighted by Gasteiger charge is 2.28. The highest BCUT2D eigenvalue weighted by Crippen LogP contribution is 2.26. The van der Waals surface area contributed by atoms with Gasteiger partial charge in [0.25, 0.3) is 5.91 Å². The van der Waals surface area contributed by atoms with Gasteiger partial charge in [-0.3, -0.25) is 4.79 Å². The molecule has 0 radical (unpaired) electrons. The van der Waals surface area contributed by atoms with E-state index in [1.54, 1.807) is 17.7 Å². The Kier molecular flexibility index (Phi) is 3.90. The molecule has 1 fully saturated rings. The average molecular weight is 290 g/mol. The van der Waals surface area contributed by atoms with Crippen LogP contribution in [0.2, 0.25) is 10.2 Å². The summed E-state index contributed by atoms with van der Waals surface area (Å²) < 4.78 is 1.64. The fraction of sp³-hybridized carbons (Fsp3) is 0.583. The number of likely N-dealkylation sites (N-methyl/N-ethyl adjacent to an activating group) is 1. The number of hydrogen-bond acceptors (Lipinski definition) is 2. The summed E-state index contributed by atoms with van der Waals surface area (Å²) in [5.74, 6) is -0.00750. The van der Waals surface area contributed by atoms with E-state index < -0.39 is 0 Å². The molecule has 0 spiro atoms. The summed E-state index contributed by atoms with van der Waals surface area (Å²) >= 11 is 11.9. The maximum atomic E-state index is 12.5. The monoisotopic (exact) mass is 289 g/mol. The summed E-state index contributed by atoms with van der Waals surface area (Å²) in [6, 6.07) is 1.83.